The van der Waals surface area contributed by atoms with Crippen molar-refractivity contribution in [3.63, 3.8) is 0 Å². The summed E-state index contributed by atoms with van der Waals surface area (Å²) in [6.45, 7) is 3.47. The van der Waals surface area contributed by atoms with E-state index in [1.165, 1.54) is 11.3 Å². The minimum Gasteiger partial charge on any atom is -0.381 e. The molecule has 142 valence electrons. The molecular formula is C21H22ClNO3S. The first-order valence-corrected chi connectivity index (χ1v) is 10.6. The van der Waals surface area contributed by atoms with Crippen molar-refractivity contribution >= 4 is 34.5 Å². The molecule has 6 heteroatoms. The number of aromatic nitrogens is 1. The summed E-state index contributed by atoms with van der Waals surface area (Å²) in [5.74, 6) is -0.283. The number of ether oxygens (including phenoxy) is 1. The van der Waals surface area contributed by atoms with Crippen LogP contribution >= 0.6 is 22.9 Å². The molecule has 0 amide bonds. The first-order valence-electron chi connectivity index (χ1n) is 9.40. The van der Waals surface area contributed by atoms with Crippen LogP contribution in [0.1, 0.15) is 42.2 Å². The Kier molecular flexibility index (Phi) is 5.44. The zero-order valence-corrected chi connectivity index (χ0v) is 16.8. The number of thiazole rings is 1. The van der Waals surface area contributed by atoms with Gasteiger partial charge < -0.3 is 4.74 Å². The molecule has 1 saturated carbocycles. The summed E-state index contributed by atoms with van der Waals surface area (Å²) in [6.07, 6.45) is 3.13. The fraction of sp³-hybridized carbons (Fsp3) is 0.476. The number of hydrogen-bond acceptors (Lipinski definition) is 5. The number of benzene rings is 1. The molecule has 27 heavy (non-hydrogen) atoms. The van der Waals surface area contributed by atoms with Crippen molar-refractivity contribution in [3.05, 3.63) is 39.9 Å². The Morgan fingerprint density at radius 2 is 1.89 bits per heavy atom. The zero-order valence-electron chi connectivity index (χ0n) is 15.2. The summed E-state index contributed by atoms with van der Waals surface area (Å²) in [4.78, 5) is 31.3. The molecule has 2 unspecified atom stereocenters. The van der Waals surface area contributed by atoms with Crippen molar-refractivity contribution < 1.29 is 14.3 Å². The van der Waals surface area contributed by atoms with E-state index in [-0.39, 0.29) is 17.5 Å². The molecule has 0 radical (unpaired) electrons. The Hall–Kier alpha value is -1.56. The van der Waals surface area contributed by atoms with E-state index in [0.29, 0.717) is 23.1 Å². The molecule has 0 bridgehead atoms. The molecule has 1 saturated heterocycles. The molecule has 2 fully saturated rings. The van der Waals surface area contributed by atoms with Crippen LogP contribution in [-0.2, 0) is 14.3 Å². The number of nitrogens with zero attached hydrogens (tertiary/aromatic N) is 1. The number of Topliss-reactive ketones (excluding diaryl/α,β-unsaturated/α-hetero) is 2. The van der Waals surface area contributed by atoms with Crippen molar-refractivity contribution in [3.8, 4) is 10.6 Å². The Bertz CT molecular complexity index is 855. The molecule has 1 aromatic heterocycles. The largest absolute Gasteiger partial charge is 0.381 e. The van der Waals surface area contributed by atoms with Crippen LogP contribution < -0.4 is 0 Å². The van der Waals surface area contributed by atoms with E-state index in [4.69, 9.17) is 16.3 Å². The third kappa shape index (κ3) is 3.86. The molecular weight excluding hydrogens is 382 g/mol. The van der Waals surface area contributed by atoms with Crippen molar-refractivity contribution in [2.45, 2.75) is 38.5 Å². The molecule has 1 aliphatic carbocycles. The Balaban J connectivity index is 1.55. The predicted octanol–water partition coefficient (Wildman–Crippen LogP) is 4.83. The number of carbonyl (C=O) groups is 2. The second-order valence-electron chi connectivity index (χ2n) is 7.46. The lowest BCUT2D eigenvalue weighted by Gasteiger charge is -2.23. The summed E-state index contributed by atoms with van der Waals surface area (Å²) in [5, 5.41) is 1.50. The van der Waals surface area contributed by atoms with Crippen molar-refractivity contribution in [1.29, 1.82) is 0 Å². The van der Waals surface area contributed by atoms with E-state index in [1.54, 1.807) is 0 Å². The molecule has 1 aliphatic heterocycles. The fourth-order valence-corrected chi connectivity index (χ4v) is 5.20. The van der Waals surface area contributed by atoms with E-state index >= 15 is 0 Å². The number of ketones is 2. The van der Waals surface area contributed by atoms with Crippen LogP contribution in [-0.4, -0.2) is 29.8 Å². The monoisotopic (exact) mass is 403 g/mol. The number of aryl methyl sites for hydroxylation is 1. The quantitative estimate of drug-likeness (QED) is 0.686. The van der Waals surface area contributed by atoms with Gasteiger partial charge in [0, 0.05) is 41.0 Å². The van der Waals surface area contributed by atoms with Crippen LogP contribution in [0.25, 0.3) is 10.6 Å². The molecule has 2 heterocycles. The molecule has 1 aromatic carbocycles. The van der Waals surface area contributed by atoms with Gasteiger partial charge in [0.05, 0.1) is 5.69 Å². The number of hydrogen-bond donors (Lipinski definition) is 0. The lowest BCUT2D eigenvalue weighted by Crippen LogP contribution is -2.22. The Morgan fingerprint density at radius 1 is 1.19 bits per heavy atom. The van der Waals surface area contributed by atoms with Gasteiger partial charge in [-0.1, -0.05) is 23.7 Å². The first kappa shape index (κ1) is 18.8. The highest BCUT2D eigenvalue weighted by atomic mass is 35.5. The molecule has 2 aromatic rings. The summed E-state index contributed by atoms with van der Waals surface area (Å²) < 4.78 is 5.40. The van der Waals surface area contributed by atoms with Crippen LogP contribution in [0.4, 0.5) is 0 Å². The summed E-state index contributed by atoms with van der Waals surface area (Å²) in [5.41, 5.74) is 1.60. The zero-order chi connectivity index (χ0) is 19.0. The summed E-state index contributed by atoms with van der Waals surface area (Å²) in [7, 11) is 0. The molecule has 0 spiro atoms. The van der Waals surface area contributed by atoms with Gasteiger partial charge in [0.25, 0.3) is 0 Å². The van der Waals surface area contributed by atoms with Gasteiger partial charge in [0.1, 0.15) is 16.7 Å². The van der Waals surface area contributed by atoms with Gasteiger partial charge in [-0.3, -0.25) is 9.59 Å². The summed E-state index contributed by atoms with van der Waals surface area (Å²) >= 11 is 7.49. The van der Waals surface area contributed by atoms with Crippen molar-refractivity contribution in [2.24, 2.45) is 11.8 Å². The molecule has 2 atom stereocenters. The van der Waals surface area contributed by atoms with Gasteiger partial charge in [-0.05, 0) is 44.2 Å². The van der Waals surface area contributed by atoms with E-state index in [0.717, 1.165) is 47.9 Å². The summed E-state index contributed by atoms with van der Waals surface area (Å²) in [6, 6.07) is 7.47. The maximum atomic E-state index is 13.0. The molecule has 0 N–H and O–H groups in total. The highest BCUT2D eigenvalue weighted by Crippen LogP contribution is 2.40. The number of carbonyl (C=O) groups excluding carboxylic acids is 2. The standard InChI is InChI=1S/C21H22ClNO3S/c1-12-19(23-21(27-12)14-2-4-16(22)5-3-14)18-17(24)11-15(20(18)25)10-13-6-8-26-9-7-13/h2-5,13,15,18H,6-11H2,1H3. The average molecular weight is 404 g/mol. The van der Waals surface area contributed by atoms with Gasteiger partial charge in [-0.2, -0.15) is 0 Å². The molecule has 4 nitrogen and oxygen atoms in total. The number of rotatable bonds is 4. The van der Waals surface area contributed by atoms with E-state index in [2.05, 4.69) is 4.98 Å². The SMILES string of the molecule is Cc1sc(-c2ccc(Cl)cc2)nc1C1C(=O)CC(CC2CCOCC2)C1=O. The topological polar surface area (TPSA) is 56.3 Å². The maximum absolute atomic E-state index is 13.0. The van der Waals surface area contributed by atoms with Crippen LogP contribution in [0.5, 0.6) is 0 Å². The normalized spacial score (nSPS) is 23.9. The van der Waals surface area contributed by atoms with Gasteiger partial charge in [0.15, 0.2) is 5.78 Å². The van der Waals surface area contributed by atoms with Gasteiger partial charge in [0.2, 0.25) is 0 Å². The van der Waals surface area contributed by atoms with E-state index < -0.39 is 5.92 Å². The van der Waals surface area contributed by atoms with Gasteiger partial charge >= 0.3 is 0 Å². The highest BCUT2D eigenvalue weighted by Gasteiger charge is 2.44. The van der Waals surface area contributed by atoms with Crippen molar-refractivity contribution in [2.75, 3.05) is 13.2 Å². The van der Waals surface area contributed by atoms with Crippen LogP contribution in [0, 0.1) is 18.8 Å². The highest BCUT2D eigenvalue weighted by molar-refractivity contribution is 7.15. The minimum atomic E-state index is -0.688. The Labute approximate surface area is 167 Å². The van der Waals surface area contributed by atoms with Crippen molar-refractivity contribution in [1.82, 2.24) is 4.98 Å². The molecule has 4 rings (SSSR count). The first-order chi connectivity index (χ1) is 13.0. The lowest BCUT2D eigenvalue weighted by molar-refractivity contribution is -0.125. The predicted molar refractivity (Wildman–Crippen MR) is 106 cm³/mol. The van der Waals surface area contributed by atoms with Crippen LogP contribution in [0.2, 0.25) is 5.02 Å². The average Bonchev–Trinajstić information content (AvgIpc) is 3.16. The third-order valence-corrected chi connectivity index (χ3v) is 6.90. The number of halogens is 1. The maximum Gasteiger partial charge on any atom is 0.152 e. The third-order valence-electron chi connectivity index (χ3n) is 5.61. The van der Waals surface area contributed by atoms with E-state index in [1.807, 2.05) is 31.2 Å². The van der Waals surface area contributed by atoms with Gasteiger partial charge in [-0.25, -0.2) is 4.98 Å². The van der Waals surface area contributed by atoms with Crippen LogP contribution in [0.3, 0.4) is 0 Å². The smallest absolute Gasteiger partial charge is 0.152 e. The second-order valence-corrected chi connectivity index (χ2v) is 9.10. The van der Waals surface area contributed by atoms with E-state index in [9.17, 15) is 9.59 Å². The fourth-order valence-electron chi connectivity index (χ4n) is 4.12. The van der Waals surface area contributed by atoms with Crippen LogP contribution in [0.15, 0.2) is 24.3 Å². The minimum absolute atomic E-state index is 0.0214. The molecule has 2 aliphatic rings. The second kappa shape index (κ2) is 7.82. The van der Waals surface area contributed by atoms with Gasteiger partial charge in [-0.15, -0.1) is 11.3 Å². The lowest BCUT2D eigenvalue weighted by atomic mass is 9.86. The Morgan fingerprint density at radius 3 is 2.59 bits per heavy atom.